The number of fused-ring (bicyclic) bond motifs is 2. The first-order valence-corrected chi connectivity index (χ1v) is 8.53. The van der Waals surface area contributed by atoms with Crippen LogP contribution in [0.3, 0.4) is 0 Å². The van der Waals surface area contributed by atoms with Gasteiger partial charge in [-0.25, -0.2) is 4.79 Å². The molecule has 4 heterocycles. The molecule has 2 unspecified atom stereocenters. The maximum Gasteiger partial charge on any atom is 0.339 e. The molecule has 8 heteroatoms. The molecule has 0 aromatic carbocycles. The van der Waals surface area contributed by atoms with Gasteiger partial charge in [0, 0.05) is 44.0 Å². The van der Waals surface area contributed by atoms with E-state index in [1.54, 1.807) is 7.05 Å². The van der Waals surface area contributed by atoms with Crippen LogP contribution in [0.5, 0.6) is 0 Å². The lowest BCUT2D eigenvalue weighted by atomic mass is 9.87. The van der Waals surface area contributed by atoms with Crippen molar-refractivity contribution < 1.29 is 14.7 Å². The summed E-state index contributed by atoms with van der Waals surface area (Å²) in [5, 5.41) is 17.6. The smallest absolute Gasteiger partial charge is 0.339 e. The molecule has 25 heavy (non-hydrogen) atoms. The summed E-state index contributed by atoms with van der Waals surface area (Å²) in [6.45, 7) is 0. The van der Waals surface area contributed by atoms with E-state index >= 15 is 0 Å². The minimum Gasteiger partial charge on any atom is -0.478 e. The largest absolute Gasteiger partial charge is 0.478 e. The van der Waals surface area contributed by atoms with Crippen LogP contribution in [0.4, 0.5) is 0 Å². The second-order valence-corrected chi connectivity index (χ2v) is 6.98. The van der Waals surface area contributed by atoms with Crippen molar-refractivity contribution in [3.63, 3.8) is 0 Å². The Morgan fingerprint density at radius 1 is 1.12 bits per heavy atom. The van der Waals surface area contributed by atoms with Gasteiger partial charge in [-0.2, -0.15) is 10.2 Å². The molecule has 8 nitrogen and oxygen atoms in total. The van der Waals surface area contributed by atoms with E-state index in [-0.39, 0.29) is 29.2 Å². The number of carboxylic acid groups (broad SMARTS) is 1. The number of hydrogen-bond donors (Lipinski definition) is 1. The molecule has 2 aliphatic rings. The highest BCUT2D eigenvalue weighted by Crippen LogP contribution is 2.43. The number of carboxylic acids is 1. The van der Waals surface area contributed by atoms with Gasteiger partial charge in [-0.1, -0.05) is 0 Å². The Labute approximate surface area is 145 Å². The maximum atomic E-state index is 13.1. The number of hydrogen-bond acceptors (Lipinski definition) is 4. The Kier molecular flexibility index (Phi) is 3.63. The lowest BCUT2D eigenvalue weighted by Gasteiger charge is -2.39. The molecule has 2 aromatic heterocycles. The van der Waals surface area contributed by atoms with Crippen LogP contribution in [0.2, 0.25) is 0 Å². The summed E-state index contributed by atoms with van der Waals surface area (Å²) in [6, 6.07) is 2.33. The van der Waals surface area contributed by atoms with Gasteiger partial charge >= 0.3 is 5.97 Å². The zero-order valence-corrected chi connectivity index (χ0v) is 14.3. The minimum atomic E-state index is -1.12. The number of piperidine rings is 1. The van der Waals surface area contributed by atoms with Crippen molar-refractivity contribution in [3.05, 3.63) is 35.4 Å². The molecule has 2 fully saturated rings. The second kappa shape index (κ2) is 5.72. The van der Waals surface area contributed by atoms with Gasteiger partial charge in [0.1, 0.15) is 11.3 Å². The van der Waals surface area contributed by atoms with Crippen molar-refractivity contribution in [1.82, 2.24) is 24.5 Å². The van der Waals surface area contributed by atoms with E-state index in [0.717, 1.165) is 25.7 Å². The summed E-state index contributed by atoms with van der Waals surface area (Å²) in [4.78, 5) is 26.4. The first-order valence-electron chi connectivity index (χ1n) is 8.53. The predicted octanol–water partition coefficient (Wildman–Crippen LogP) is 1.40. The van der Waals surface area contributed by atoms with Crippen molar-refractivity contribution in [1.29, 1.82) is 0 Å². The molecular weight excluding hydrogens is 322 g/mol. The summed E-state index contributed by atoms with van der Waals surface area (Å²) >= 11 is 0. The molecule has 2 saturated heterocycles. The molecule has 0 aliphatic carbocycles. The molecule has 2 aliphatic heterocycles. The fourth-order valence-electron chi connectivity index (χ4n) is 4.50. The van der Waals surface area contributed by atoms with Gasteiger partial charge in [0.05, 0.1) is 6.20 Å². The highest BCUT2D eigenvalue weighted by molar-refractivity contribution is 6.03. The molecule has 0 radical (unpaired) electrons. The number of aryl methyl sites for hydroxylation is 2. The quantitative estimate of drug-likeness (QED) is 0.909. The standard InChI is InChI=1S/C17H21N5O3/c1-20-14(5-6-18-20)10-7-11-3-4-12(8-10)22(11)16(23)15-13(17(24)25)9-19-21(15)2/h5-6,9-12H,3-4,7-8H2,1-2H3,(H,24,25). The number of nitrogens with zero attached hydrogens (tertiary/aromatic N) is 5. The van der Waals surface area contributed by atoms with Crippen LogP contribution < -0.4 is 0 Å². The van der Waals surface area contributed by atoms with Crippen LogP contribution in [0.25, 0.3) is 0 Å². The maximum absolute atomic E-state index is 13.1. The fraction of sp³-hybridized carbons (Fsp3) is 0.529. The molecule has 0 saturated carbocycles. The molecule has 132 valence electrons. The van der Waals surface area contributed by atoms with Crippen LogP contribution in [-0.4, -0.2) is 53.5 Å². The lowest BCUT2D eigenvalue weighted by molar-refractivity contribution is 0.0544. The third-order valence-corrected chi connectivity index (χ3v) is 5.62. The third kappa shape index (κ3) is 2.43. The number of aromatic carboxylic acids is 1. The van der Waals surface area contributed by atoms with E-state index in [0.29, 0.717) is 5.92 Å². The first-order chi connectivity index (χ1) is 12.0. The Hall–Kier alpha value is -2.64. The Morgan fingerprint density at radius 2 is 1.80 bits per heavy atom. The van der Waals surface area contributed by atoms with E-state index in [1.807, 2.05) is 28.9 Å². The summed E-state index contributed by atoms with van der Waals surface area (Å²) in [6.07, 6.45) is 6.77. The van der Waals surface area contributed by atoms with E-state index < -0.39 is 5.97 Å². The van der Waals surface area contributed by atoms with Crippen LogP contribution in [-0.2, 0) is 14.1 Å². The molecule has 2 bridgehead atoms. The van der Waals surface area contributed by atoms with Crippen molar-refractivity contribution in [2.24, 2.45) is 14.1 Å². The number of carbonyl (C=O) groups excluding carboxylic acids is 1. The number of amides is 1. The van der Waals surface area contributed by atoms with Crippen LogP contribution in [0.15, 0.2) is 18.5 Å². The van der Waals surface area contributed by atoms with Gasteiger partial charge < -0.3 is 10.0 Å². The summed E-state index contributed by atoms with van der Waals surface area (Å²) in [5.74, 6) is -0.943. The zero-order chi connectivity index (χ0) is 17.7. The highest BCUT2D eigenvalue weighted by atomic mass is 16.4. The fourth-order valence-corrected chi connectivity index (χ4v) is 4.50. The van der Waals surface area contributed by atoms with Gasteiger partial charge in [-0.3, -0.25) is 14.2 Å². The third-order valence-electron chi connectivity index (χ3n) is 5.62. The summed E-state index contributed by atoms with van der Waals surface area (Å²) in [5.41, 5.74) is 1.35. The highest BCUT2D eigenvalue weighted by Gasteiger charge is 2.45. The topological polar surface area (TPSA) is 93.2 Å². The molecule has 1 amide bonds. The van der Waals surface area contributed by atoms with Crippen LogP contribution >= 0.6 is 0 Å². The molecule has 1 N–H and O–H groups in total. The van der Waals surface area contributed by atoms with E-state index in [9.17, 15) is 14.7 Å². The molecule has 0 spiro atoms. The van der Waals surface area contributed by atoms with Crippen molar-refractivity contribution in [2.75, 3.05) is 0 Å². The Balaban J connectivity index is 1.61. The molecule has 4 rings (SSSR count). The van der Waals surface area contributed by atoms with Gasteiger partial charge in [-0.05, 0) is 31.7 Å². The monoisotopic (exact) mass is 343 g/mol. The van der Waals surface area contributed by atoms with Crippen LogP contribution in [0.1, 0.15) is 58.1 Å². The van der Waals surface area contributed by atoms with Crippen molar-refractivity contribution >= 4 is 11.9 Å². The molecular formula is C17H21N5O3. The number of carbonyl (C=O) groups is 2. The van der Waals surface area contributed by atoms with E-state index in [4.69, 9.17) is 0 Å². The average molecular weight is 343 g/mol. The Bertz CT molecular complexity index is 825. The normalized spacial score (nSPS) is 25.4. The predicted molar refractivity (Wildman–Crippen MR) is 88.3 cm³/mol. The van der Waals surface area contributed by atoms with Crippen LogP contribution in [0, 0.1) is 0 Å². The summed E-state index contributed by atoms with van der Waals surface area (Å²) in [7, 11) is 3.56. The molecule has 2 atom stereocenters. The number of aromatic nitrogens is 4. The van der Waals surface area contributed by atoms with E-state index in [1.165, 1.54) is 16.6 Å². The van der Waals surface area contributed by atoms with Gasteiger partial charge in [0.15, 0.2) is 0 Å². The van der Waals surface area contributed by atoms with Crippen molar-refractivity contribution in [2.45, 2.75) is 43.7 Å². The second-order valence-electron chi connectivity index (χ2n) is 6.98. The zero-order valence-electron chi connectivity index (χ0n) is 14.3. The molecule has 2 aromatic rings. The first kappa shape index (κ1) is 15.9. The summed E-state index contributed by atoms with van der Waals surface area (Å²) < 4.78 is 3.28. The van der Waals surface area contributed by atoms with Gasteiger partial charge in [0.2, 0.25) is 0 Å². The van der Waals surface area contributed by atoms with E-state index in [2.05, 4.69) is 10.2 Å². The van der Waals surface area contributed by atoms with Gasteiger partial charge in [-0.15, -0.1) is 0 Å². The van der Waals surface area contributed by atoms with Crippen molar-refractivity contribution in [3.8, 4) is 0 Å². The van der Waals surface area contributed by atoms with Gasteiger partial charge in [0.25, 0.3) is 5.91 Å². The SMILES string of the molecule is Cn1nccc1C1CC2CCC(C1)N2C(=O)c1c(C(=O)O)cnn1C. The minimum absolute atomic E-state index is 0.0272. The Morgan fingerprint density at radius 3 is 2.36 bits per heavy atom. The lowest BCUT2D eigenvalue weighted by Crippen LogP contribution is -2.47. The average Bonchev–Trinajstić information content (AvgIpc) is 3.23. The number of rotatable bonds is 3.